The van der Waals surface area contributed by atoms with Gasteiger partial charge in [-0.05, 0) is 40.5 Å². The first kappa shape index (κ1) is 41.5. The first-order valence-electron chi connectivity index (χ1n) is 18.8. The van der Waals surface area contributed by atoms with E-state index in [1.165, 1.54) is 41.2 Å². The summed E-state index contributed by atoms with van der Waals surface area (Å²) in [5.74, 6) is -0.766. The molecule has 2 saturated heterocycles. The van der Waals surface area contributed by atoms with E-state index in [9.17, 15) is 19.2 Å². The zero-order valence-corrected chi connectivity index (χ0v) is 34.3. The molecule has 4 aromatic carbocycles. The maximum Gasteiger partial charge on any atom is 0.404 e. The van der Waals surface area contributed by atoms with Crippen molar-refractivity contribution < 1.29 is 38.2 Å². The van der Waals surface area contributed by atoms with Crippen molar-refractivity contribution in [2.45, 2.75) is 23.6 Å². The maximum atomic E-state index is 13.9. The molecule has 2 fully saturated rings. The number of hydrogen-bond donors (Lipinski definition) is 3. The molecule has 5 aromatic rings. The first-order chi connectivity index (χ1) is 29.2. The van der Waals surface area contributed by atoms with Crippen molar-refractivity contribution in [2.24, 2.45) is 16.3 Å². The third kappa shape index (κ3) is 8.70. The van der Waals surface area contributed by atoms with Crippen LogP contribution in [0.4, 0.5) is 9.93 Å². The van der Waals surface area contributed by atoms with Crippen LogP contribution in [0.15, 0.2) is 138 Å². The molecule has 2 aliphatic heterocycles. The highest BCUT2D eigenvalue weighted by molar-refractivity contribution is 8.00. The molecule has 0 spiro atoms. The van der Waals surface area contributed by atoms with Crippen LogP contribution >= 0.6 is 23.1 Å². The lowest BCUT2D eigenvalue weighted by molar-refractivity contribution is -0.160. The fourth-order valence-corrected chi connectivity index (χ4v) is 9.45. The number of benzene rings is 4. The van der Waals surface area contributed by atoms with Crippen LogP contribution in [0.1, 0.15) is 27.9 Å². The number of primary amides is 1. The Hall–Kier alpha value is -6.65. The van der Waals surface area contributed by atoms with Gasteiger partial charge in [0.1, 0.15) is 54.1 Å². The summed E-state index contributed by atoms with van der Waals surface area (Å²) >= 11 is 2.61. The van der Waals surface area contributed by atoms with Crippen molar-refractivity contribution in [1.82, 2.24) is 15.2 Å². The highest BCUT2D eigenvalue weighted by Gasteiger charge is 2.57. The summed E-state index contributed by atoms with van der Waals surface area (Å²) in [6.07, 6.45) is 2.11. The fourth-order valence-electron chi connectivity index (χ4n) is 7.19. The number of nitrogens with zero attached hydrogens (tertiary/aromatic N) is 3. The van der Waals surface area contributed by atoms with Crippen LogP contribution < -0.4 is 21.1 Å². The number of anilines is 1. The third-order valence-electron chi connectivity index (χ3n) is 10.1. The van der Waals surface area contributed by atoms with Crippen LogP contribution in [0, 0.1) is 5.41 Å². The van der Waals surface area contributed by atoms with Gasteiger partial charge in [-0.3, -0.25) is 14.4 Å². The Kier molecular flexibility index (Phi) is 12.8. The van der Waals surface area contributed by atoms with Crippen molar-refractivity contribution in [3.05, 3.63) is 161 Å². The Bertz CT molecular complexity index is 2270. The monoisotopic (exact) mass is 846 g/mol. The van der Waals surface area contributed by atoms with E-state index in [4.69, 9.17) is 29.8 Å². The number of nitrogens with two attached hydrogens (primary N) is 1. The van der Waals surface area contributed by atoms with Crippen molar-refractivity contribution in [3.63, 3.8) is 0 Å². The van der Waals surface area contributed by atoms with E-state index in [0.717, 1.165) is 22.3 Å². The minimum Gasteiger partial charge on any atom is -0.497 e. The summed E-state index contributed by atoms with van der Waals surface area (Å²) in [5, 5.41) is 12.3. The number of carbonyl (C=O) groups excluding carboxylic acids is 4. The van der Waals surface area contributed by atoms with E-state index in [-0.39, 0.29) is 36.9 Å². The molecule has 308 valence electrons. The average Bonchev–Trinajstić information content (AvgIpc) is 3.75. The molecule has 0 radical (unpaired) electrons. The second-order valence-corrected chi connectivity index (χ2v) is 15.8. The van der Waals surface area contributed by atoms with Gasteiger partial charge in [0.05, 0.1) is 7.11 Å². The summed E-state index contributed by atoms with van der Waals surface area (Å²) in [5.41, 5.74) is 6.77. The Labute approximate surface area is 354 Å². The average molecular weight is 847 g/mol. The number of rotatable bonds is 16. The zero-order valence-electron chi connectivity index (χ0n) is 32.7. The summed E-state index contributed by atoms with van der Waals surface area (Å²) in [6, 6.07) is 36.3. The molecule has 14 nitrogen and oxygen atoms in total. The Morgan fingerprint density at radius 3 is 2.10 bits per heavy atom. The van der Waals surface area contributed by atoms with Crippen LogP contribution in [0.5, 0.6) is 5.75 Å². The topological polar surface area (TPSA) is 184 Å². The molecule has 16 heteroatoms. The molecule has 0 bridgehead atoms. The van der Waals surface area contributed by atoms with Gasteiger partial charge in [0.25, 0.3) is 5.91 Å². The number of ether oxygens (including phenoxy) is 3. The van der Waals surface area contributed by atoms with E-state index in [1.54, 1.807) is 42.8 Å². The zero-order chi connectivity index (χ0) is 42.1. The molecule has 4 N–H and O–H groups in total. The van der Waals surface area contributed by atoms with Crippen LogP contribution in [0.25, 0.3) is 0 Å². The lowest BCUT2D eigenvalue weighted by Gasteiger charge is -2.53. The van der Waals surface area contributed by atoms with E-state index < -0.39 is 46.2 Å². The quantitative estimate of drug-likeness (QED) is 0.0277. The minimum absolute atomic E-state index is 0.0157. The highest BCUT2D eigenvalue weighted by Crippen LogP contribution is 2.44. The Balaban J connectivity index is 1.08. The van der Waals surface area contributed by atoms with Crippen LogP contribution in [-0.2, 0) is 40.8 Å². The van der Waals surface area contributed by atoms with E-state index >= 15 is 0 Å². The van der Waals surface area contributed by atoms with Crippen LogP contribution in [0.3, 0.4) is 0 Å². The number of thioether (sulfide) groups is 1. The maximum absolute atomic E-state index is 13.9. The van der Waals surface area contributed by atoms with Crippen LogP contribution in [0.2, 0.25) is 0 Å². The largest absolute Gasteiger partial charge is 0.497 e. The second-order valence-electron chi connectivity index (χ2n) is 13.9. The van der Waals surface area contributed by atoms with Gasteiger partial charge in [0, 0.05) is 17.7 Å². The molecule has 2 aliphatic rings. The summed E-state index contributed by atoms with van der Waals surface area (Å²) in [7, 11) is 2.89. The normalized spacial score (nSPS) is 18.8. The Morgan fingerprint density at radius 2 is 1.53 bits per heavy atom. The standard InChI is InChI=1S/C44H42N6O8S2/c1-55-33-21-19-29(20-22-33)25-58-40(53)43(23-12-24-57-41(45)54)27-50-38(52)36(39(50)60-28-43)47-37(51)35(49-56-2)34-26-59-42(46-34)48-44(30-13-6-3-7-14-30,31-15-8-4-9-16-31)32-17-10-5-11-18-32/h3-23,26,36,39H,24-25,27-28H2,1-2H3,(H2,45,54)(H,46,48)(H,47,51)/t36?,39-,43?/m1/s1. The minimum atomic E-state index is -1.28. The number of amides is 3. The summed E-state index contributed by atoms with van der Waals surface area (Å²) in [4.78, 5) is 64.0. The molecule has 1 aromatic heterocycles. The van der Waals surface area contributed by atoms with E-state index in [0.29, 0.717) is 10.9 Å². The SMILES string of the molecule is CON=C(C(=O)NC1C(=O)N2CC(C=CCOC(N)=O)(C(=O)OCc3ccc(OC)cc3)CS[C@H]12)c1csc(NC(c2ccccc2)(c2ccccc2)c2ccccc2)n1. The van der Waals surface area contributed by atoms with Crippen molar-refractivity contribution in [3.8, 4) is 5.75 Å². The number of hydrogen-bond acceptors (Lipinski definition) is 13. The highest BCUT2D eigenvalue weighted by atomic mass is 32.2. The number of methoxy groups -OCH3 is 1. The molecule has 3 heterocycles. The third-order valence-corrected chi connectivity index (χ3v) is 12.5. The molecule has 3 atom stereocenters. The number of carbonyl (C=O) groups is 4. The van der Waals surface area contributed by atoms with Gasteiger partial charge < -0.3 is 40.3 Å². The fraction of sp³-hybridized carbons (Fsp3) is 0.227. The van der Waals surface area contributed by atoms with E-state index in [2.05, 4.69) is 52.2 Å². The lowest BCUT2D eigenvalue weighted by Crippen LogP contribution is -2.73. The number of thiazole rings is 1. The Morgan fingerprint density at radius 1 is 0.917 bits per heavy atom. The van der Waals surface area contributed by atoms with Gasteiger partial charge in [-0.1, -0.05) is 114 Å². The summed E-state index contributed by atoms with van der Waals surface area (Å²) in [6.45, 7) is -0.223. The van der Waals surface area contributed by atoms with Crippen molar-refractivity contribution in [1.29, 1.82) is 0 Å². The predicted molar refractivity (Wildman–Crippen MR) is 228 cm³/mol. The van der Waals surface area contributed by atoms with Crippen LogP contribution in [-0.4, -0.2) is 84.0 Å². The van der Waals surface area contributed by atoms with Gasteiger partial charge >= 0.3 is 12.1 Å². The lowest BCUT2D eigenvalue weighted by atomic mass is 9.77. The number of fused-ring (bicyclic) bond motifs is 1. The number of aromatic nitrogens is 1. The molecule has 0 aliphatic carbocycles. The summed E-state index contributed by atoms with van der Waals surface area (Å²) < 4.78 is 15.8. The number of esters is 1. The van der Waals surface area contributed by atoms with Gasteiger partial charge in [-0.15, -0.1) is 23.1 Å². The molecule has 60 heavy (non-hydrogen) atoms. The molecule has 3 amide bonds. The van der Waals surface area contributed by atoms with Gasteiger partial charge in [0.15, 0.2) is 10.8 Å². The van der Waals surface area contributed by atoms with Gasteiger partial charge in [-0.25, -0.2) is 9.78 Å². The molecule has 7 rings (SSSR count). The second kappa shape index (κ2) is 18.5. The van der Waals surface area contributed by atoms with Gasteiger partial charge in [0.2, 0.25) is 5.91 Å². The molecule has 0 saturated carbocycles. The molecular weight excluding hydrogens is 805 g/mol. The van der Waals surface area contributed by atoms with E-state index in [1.807, 2.05) is 54.6 Å². The van der Waals surface area contributed by atoms with Gasteiger partial charge in [-0.2, -0.15) is 0 Å². The first-order valence-corrected chi connectivity index (χ1v) is 20.7. The number of oxime groups is 1. The van der Waals surface area contributed by atoms with Crippen molar-refractivity contribution >= 4 is 57.8 Å². The molecule has 2 unspecified atom stereocenters. The smallest absolute Gasteiger partial charge is 0.404 e. The predicted octanol–water partition coefficient (Wildman–Crippen LogP) is 5.69. The molecular formula is C44H42N6O8S2. The van der Waals surface area contributed by atoms with Crippen molar-refractivity contribution in [2.75, 3.05) is 38.4 Å². The number of β-lactam (4-membered cyclic amide) rings is 1. The number of nitrogens with one attached hydrogen (secondary N) is 2.